The molecule has 172 valence electrons. The first-order valence-corrected chi connectivity index (χ1v) is 12.2. The lowest BCUT2D eigenvalue weighted by Crippen LogP contribution is -2.55. The number of thioether (sulfide) groups is 1. The van der Waals surface area contributed by atoms with Gasteiger partial charge in [0, 0.05) is 41.3 Å². The Labute approximate surface area is 206 Å². The molecule has 0 saturated carbocycles. The lowest BCUT2D eigenvalue weighted by molar-refractivity contribution is -0.130. The summed E-state index contributed by atoms with van der Waals surface area (Å²) < 4.78 is 1.88. The molecule has 1 aliphatic rings. The topological polar surface area (TPSA) is 71.3 Å². The van der Waals surface area contributed by atoms with E-state index in [1.807, 2.05) is 36.6 Å². The van der Waals surface area contributed by atoms with Crippen molar-refractivity contribution in [2.75, 3.05) is 25.4 Å². The summed E-state index contributed by atoms with van der Waals surface area (Å²) in [6, 6.07) is 14.2. The zero-order valence-corrected chi connectivity index (χ0v) is 20.6. The molecule has 10 heteroatoms. The SMILES string of the molecule is Cc1nnc(SCC(=O)N2CCN(C(=O)c3ccc(Cl)cc3)C(C)C2)n1-c1cccc(Cl)c1. The van der Waals surface area contributed by atoms with Gasteiger partial charge in [0.2, 0.25) is 5.91 Å². The number of benzene rings is 2. The van der Waals surface area contributed by atoms with E-state index >= 15 is 0 Å². The molecule has 4 rings (SSSR count). The van der Waals surface area contributed by atoms with Gasteiger partial charge in [0.05, 0.1) is 11.4 Å². The highest BCUT2D eigenvalue weighted by Gasteiger charge is 2.30. The highest BCUT2D eigenvalue weighted by Crippen LogP contribution is 2.24. The molecule has 1 fully saturated rings. The van der Waals surface area contributed by atoms with Crippen molar-refractivity contribution in [3.8, 4) is 5.69 Å². The average Bonchev–Trinajstić information content (AvgIpc) is 3.17. The third-order valence-corrected chi connectivity index (χ3v) is 6.92. The van der Waals surface area contributed by atoms with Crippen LogP contribution in [0.25, 0.3) is 5.69 Å². The second-order valence-electron chi connectivity index (χ2n) is 7.83. The van der Waals surface area contributed by atoms with Gasteiger partial charge in [-0.15, -0.1) is 10.2 Å². The van der Waals surface area contributed by atoms with E-state index in [-0.39, 0.29) is 23.6 Å². The van der Waals surface area contributed by atoms with E-state index < -0.39 is 0 Å². The van der Waals surface area contributed by atoms with E-state index in [0.29, 0.717) is 40.4 Å². The van der Waals surface area contributed by atoms with Crippen LogP contribution in [0.15, 0.2) is 53.7 Å². The van der Waals surface area contributed by atoms with Crippen LogP contribution in [0.2, 0.25) is 10.0 Å². The van der Waals surface area contributed by atoms with Crippen molar-refractivity contribution in [2.45, 2.75) is 25.0 Å². The Balaban J connectivity index is 1.37. The third kappa shape index (κ3) is 5.34. The number of carbonyl (C=O) groups excluding carboxylic acids is 2. The van der Waals surface area contributed by atoms with Gasteiger partial charge in [-0.3, -0.25) is 14.2 Å². The minimum atomic E-state index is -0.0896. The predicted molar refractivity (Wildman–Crippen MR) is 130 cm³/mol. The number of amides is 2. The fourth-order valence-corrected chi connectivity index (χ4v) is 5.02. The number of piperazine rings is 1. The first kappa shape index (κ1) is 23.6. The molecular formula is C23H23Cl2N5O2S. The molecule has 1 aromatic heterocycles. The zero-order chi connectivity index (χ0) is 23.5. The molecule has 0 aliphatic carbocycles. The van der Waals surface area contributed by atoms with Gasteiger partial charge in [-0.25, -0.2) is 0 Å². The minimum Gasteiger partial charge on any atom is -0.338 e. The molecular weight excluding hydrogens is 481 g/mol. The molecule has 1 atom stereocenters. The van der Waals surface area contributed by atoms with Gasteiger partial charge in [0.15, 0.2) is 5.16 Å². The molecule has 1 aliphatic heterocycles. The molecule has 1 unspecified atom stereocenters. The van der Waals surface area contributed by atoms with Gasteiger partial charge in [-0.1, -0.05) is 41.0 Å². The standard InChI is InChI=1S/C23H23Cl2N5O2S/c1-15-13-28(10-11-29(15)22(32)17-6-8-18(24)9-7-17)21(31)14-33-23-27-26-16(2)30(23)20-5-3-4-19(25)12-20/h3-9,12,15H,10-11,13-14H2,1-2H3. The van der Waals surface area contributed by atoms with Crippen molar-refractivity contribution in [3.05, 3.63) is 70.0 Å². The van der Waals surface area contributed by atoms with Crippen LogP contribution in [0.5, 0.6) is 0 Å². The summed E-state index contributed by atoms with van der Waals surface area (Å²) in [6.07, 6.45) is 0. The van der Waals surface area contributed by atoms with Crippen LogP contribution in [-0.4, -0.2) is 67.8 Å². The van der Waals surface area contributed by atoms with Crippen LogP contribution in [0.1, 0.15) is 23.1 Å². The van der Waals surface area contributed by atoms with Crippen molar-refractivity contribution in [1.82, 2.24) is 24.6 Å². The van der Waals surface area contributed by atoms with Gasteiger partial charge in [0.1, 0.15) is 5.82 Å². The number of hydrogen-bond donors (Lipinski definition) is 0. The van der Waals surface area contributed by atoms with Crippen molar-refractivity contribution < 1.29 is 9.59 Å². The molecule has 0 N–H and O–H groups in total. The predicted octanol–water partition coefficient (Wildman–Crippen LogP) is 4.35. The van der Waals surface area contributed by atoms with Crippen LogP contribution in [0, 0.1) is 6.92 Å². The van der Waals surface area contributed by atoms with Crippen LogP contribution in [0.4, 0.5) is 0 Å². The van der Waals surface area contributed by atoms with E-state index in [4.69, 9.17) is 23.2 Å². The van der Waals surface area contributed by atoms with Crippen molar-refractivity contribution in [2.24, 2.45) is 0 Å². The maximum Gasteiger partial charge on any atom is 0.254 e. The molecule has 2 aromatic carbocycles. The molecule has 0 spiro atoms. The normalized spacial score (nSPS) is 16.2. The molecule has 0 radical (unpaired) electrons. The maximum absolute atomic E-state index is 12.9. The van der Waals surface area contributed by atoms with E-state index in [1.165, 1.54) is 11.8 Å². The van der Waals surface area contributed by atoms with Crippen molar-refractivity contribution >= 4 is 46.8 Å². The maximum atomic E-state index is 12.9. The summed E-state index contributed by atoms with van der Waals surface area (Å²) in [5.41, 5.74) is 1.44. The smallest absolute Gasteiger partial charge is 0.254 e. The average molecular weight is 504 g/mol. The summed E-state index contributed by atoms with van der Waals surface area (Å²) in [6.45, 7) is 5.27. The Hall–Kier alpha value is -2.55. The van der Waals surface area contributed by atoms with Gasteiger partial charge in [-0.05, 0) is 56.3 Å². The van der Waals surface area contributed by atoms with E-state index in [9.17, 15) is 9.59 Å². The second kappa shape index (κ2) is 10.2. The summed E-state index contributed by atoms with van der Waals surface area (Å²) in [5, 5.41) is 10.2. The number of rotatable bonds is 5. The van der Waals surface area contributed by atoms with Crippen LogP contribution >= 0.6 is 35.0 Å². The first-order chi connectivity index (χ1) is 15.8. The van der Waals surface area contributed by atoms with Gasteiger partial charge >= 0.3 is 0 Å². The molecule has 3 aromatic rings. The fourth-order valence-electron chi connectivity index (χ4n) is 3.81. The van der Waals surface area contributed by atoms with Gasteiger partial charge in [-0.2, -0.15) is 0 Å². The number of halogens is 2. The summed E-state index contributed by atoms with van der Waals surface area (Å²) in [7, 11) is 0. The first-order valence-electron chi connectivity index (χ1n) is 10.5. The Morgan fingerprint density at radius 1 is 1.06 bits per heavy atom. The Morgan fingerprint density at radius 3 is 2.52 bits per heavy atom. The molecule has 1 saturated heterocycles. The Kier molecular flexibility index (Phi) is 7.26. The number of nitrogens with zero attached hydrogens (tertiary/aromatic N) is 5. The van der Waals surface area contributed by atoms with Crippen molar-refractivity contribution in [3.63, 3.8) is 0 Å². The Bertz CT molecular complexity index is 1170. The minimum absolute atomic E-state index is 0.00346. The van der Waals surface area contributed by atoms with E-state index in [2.05, 4.69) is 10.2 Å². The number of aromatic nitrogens is 3. The van der Waals surface area contributed by atoms with Gasteiger partial charge in [0.25, 0.3) is 5.91 Å². The monoisotopic (exact) mass is 503 g/mol. The summed E-state index contributed by atoms with van der Waals surface area (Å²) in [4.78, 5) is 29.4. The number of aryl methyl sites for hydroxylation is 1. The molecule has 33 heavy (non-hydrogen) atoms. The highest BCUT2D eigenvalue weighted by molar-refractivity contribution is 7.99. The Morgan fingerprint density at radius 2 is 1.82 bits per heavy atom. The lowest BCUT2D eigenvalue weighted by Gasteiger charge is -2.40. The van der Waals surface area contributed by atoms with Crippen molar-refractivity contribution in [1.29, 1.82) is 0 Å². The van der Waals surface area contributed by atoms with Gasteiger partial charge < -0.3 is 9.80 Å². The third-order valence-electron chi connectivity index (χ3n) is 5.52. The van der Waals surface area contributed by atoms with Crippen LogP contribution in [0.3, 0.4) is 0 Å². The quantitative estimate of drug-likeness (QED) is 0.484. The van der Waals surface area contributed by atoms with E-state index in [0.717, 1.165) is 11.5 Å². The zero-order valence-electron chi connectivity index (χ0n) is 18.2. The number of carbonyl (C=O) groups is 2. The molecule has 7 nitrogen and oxygen atoms in total. The summed E-state index contributed by atoms with van der Waals surface area (Å²) in [5.74, 6) is 0.904. The molecule has 0 bridgehead atoms. The molecule has 2 amide bonds. The lowest BCUT2D eigenvalue weighted by atomic mass is 10.1. The largest absolute Gasteiger partial charge is 0.338 e. The summed E-state index contributed by atoms with van der Waals surface area (Å²) >= 11 is 13.4. The number of hydrogen-bond acceptors (Lipinski definition) is 5. The highest BCUT2D eigenvalue weighted by atomic mass is 35.5. The fraction of sp³-hybridized carbons (Fsp3) is 0.304. The van der Waals surface area contributed by atoms with Crippen LogP contribution < -0.4 is 0 Å². The molecule has 2 heterocycles. The van der Waals surface area contributed by atoms with Crippen LogP contribution in [-0.2, 0) is 4.79 Å². The second-order valence-corrected chi connectivity index (χ2v) is 9.64. The van der Waals surface area contributed by atoms with E-state index in [1.54, 1.807) is 40.1 Å².